The molecule has 4 rings (SSSR count). The number of amides is 2. The van der Waals surface area contributed by atoms with E-state index in [0.29, 0.717) is 36.1 Å². The predicted molar refractivity (Wildman–Crippen MR) is 113 cm³/mol. The van der Waals surface area contributed by atoms with Crippen LogP contribution in [0, 0.1) is 5.82 Å². The zero-order chi connectivity index (χ0) is 22.0. The molecule has 0 spiro atoms. The monoisotopic (exact) mass is 442 g/mol. The maximum absolute atomic E-state index is 13.4. The van der Waals surface area contributed by atoms with Gasteiger partial charge in [-0.05, 0) is 55.3 Å². The van der Waals surface area contributed by atoms with E-state index in [1.807, 2.05) is 0 Å². The molecular weight excluding hydrogens is 423 g/mol. The highest BCUT2D eigenvalue weighted by atomic mass is 35.5. The van der Waals surface area contributed by atoms with Crippen LogP contribution in [0.15, 0.2) is 47.0 Å². The number of nitrogens with zero attached hydrogens (tertiary/aromatic N) is 3. The summed E-state index contributed by atoms with van der Waals surface area (Å²) in [6, 6.07) is 11.1. The van der Waals surface area contributed by atoms with E-state index in [9.17, 15) is 14.0 Å². The highest BCUT2D eigenvalue weighted by Crippen LogP contribution is 2.29. The summed E-state index contributed by atoms with van der Waals surface area (Å²) in [5.41, 5.74) is 1.79. The Morgan fingerprint density at radius 1 is 1.23 bits per heavy atom. The molecule has 31 heavy (non-hydrogen) atoms. The van der Waals surface area contributed by atoms with Crippen LogP contribution in [-0.4, -0.2) is 39.9 Å². The van der Waals surface area contributed by atoms with Crippen molar-refractivity contribution >= 4 is 29.1 Å². The molecule has 160 valence electrons. The van der Waals surface area contributed by atoms with E-state index in [-0.39, 0.29) is 22.8 Å². The summed E-state index contributed by atoms with van der Waals surface area (Å²) < 4.78 is 18.9. The molecule has 2 aromatic carbocycles. The molecular formula is C22H20ClFN4O3. The molecule has 1 aromatic heterocycles. The molecule has 1 aliphatic rings. The van der Waals surface area contributed by atoms with Gasteiger partial charge in [0.1, 0.15) is 5.82 Å². The van der Waals surface area contributed by atoms with Crippen molar-refractivity contribution < 1.29 is 18.5 Å². The average Bonchev–Trinajstić information content (AvgIpc) is 3.26. The molecule has 0 saturated carbocycles. The third-order valence-electron chi connectivity index (χ3n) is 5.13. The number of rotatable bonds is 4. The van der Waals surface area contributed by atoms with Crippen molar-refractivity contribution in [2.75, 3.05) is 18.4 Å². The largest absolute Gasteiger partial charge is 0.339 e. The lowest BCUT2D eigenvalue weighted by atomic mass is 9.97. The molecule has 1 atom stereocenters. The second-order valence-corrected chi connectivity index (χ2v) is 7.84. The normalized spacial score (nSPS) is 16.2. The van der Waals surface area contributed by atoms with Crippen molar-refractivity contribution in [3.05, 3.63) is 64.8 Å². The van der Waals surface area contributed by atoms with E-state index in [0.717, 1.165) is 18.4 Å². The Kier molecular flexibility index (Phi) is 5.99. The quantitative estimate of drug-likeness (QED) is 0.642. The Bertz CT molecular complexity index is 1120. The molecule has 1 saturated heterocycles. The molecule has 0 bridgehead atoms. The Labute approximate surface area is 183 Å². The van der Waals surface area contributed by atoms with Crippen molar-refractivity contribution in [1.82, 2.24) is 15.0 Å². The third-order valence-corrected chi connectivity index (χ3v) is 5.42. The van der Waals surface area contributed by atoms with Gasteiger partial charge in [0.25, 0.3) is 5.91 Å². The molecule has 7 nitrogen and oxygen atoms in total. The van der Waals surface area contributed by atoms with Crippen molar-refractivity contribution in [3.63, 3.8) is 0 Å². The SMILES string of the molecule is CC(=O)Nc1ccc(-c2noc([C@@H]3CCCN(C(=O)c4ccc(F)c(Cl)c4)C3)n2)cc1. The summed E-state index contributed by atoms with van der Waals surface area (Å²) in [7, 11) is 0. The molecule has 1 N–H and O–H groups in total. The summed E-state index contributed by atoms with van der Waals surface area (Å²) in [4.78, 5) is 30.2. The number of halogens is 2. The van der Waals surface area contributed by atoms with Crippen LogP contribution < -0.4 is 5.32 Å². The zero-order valence-corrected chi connectivity index (χ0v) is 17.5. The summed E-state index contributed by atoms with van der Waals surface area (Å²) >= 11 is 5.82. The first-order chi connectivity index (χ1) is 14.9. The Morgan fingerprint density at radius 2 is 2.00 bits per heavy atom. The number of hydrogen-bond donors (Lipinski definition) is 1. The van der Waals surface area contributed by atoms with E-state index >= 15 is 0 Å². The lowest BCUT2D eigenvalue weighted by molar-refractivity contribution is -0.114. The number of anilines is 1. The molecule has 9 heteroatoms. The lowest BCUT2D eigenvalue weighted by Crippen LogP contribution is -2.39. The van der Waals surface area contributed by atoms with Gasteiger partial charge in [0.05, 0.1) is 10.9 Å². The first kappa shape index (κ1) is 21.0. The fraction of sp³-hybridized carbons (Fsp3) is 0.273. The fourth-order valence-electron chi connectivity index (χ4n) is 3.60. The summed E-state index contributed by atoms with van der Waals surface area (Å²) in [6.07, 6.45) is 1.60. The standard InChI is InChI=1S/C22H20ClFN4O3/c1-13(29)25-17-7-4-14(5-8-17)20-26-21(31-27-20)16-3-2-10-28(12-16)22(30)15-6-9-19(24)18(23)11-15/h4-9,11,16H,2-3,10,12H2,1H3,(H,25,29)/t16-/m1/s1. The molecule has 0 radical (unpaired) electrons. The van der Waals surface area contributed by atoms with Crippen molar-refractivity contribution in [2.45, 2.75) is 25.7 Å². The van der Waals surface area contributed by atoms with E-state index < -0.39 is 5.82 Å². The van der Waals surface area contributed by atoms with Crippen molar-refractivity contribution in [2.24, 2.45) is 0 Å². The minimum Gasteiger partial charge on any atom is -0.339 e. The van der Waals surface area contributed by atoms with E-state index in [4.69, 9.17) is 16.1 Å². The van der Waals surface area contributed by atoms with Gasteiger partial charge in [0.15, 0.2) is 0 Å². The highest BCUT2D eigenvalue weighted by Gasteiger charge is 2.29. The maximum atomic E-state index is 13.4. The fourth-order valence-corrected chi connectivity index (χ4v) is 3.78. The van der Waals surface area contributed by atoms with Gasteiger partial charge in [-0.3, -0.25) is 9.59 Å². The number of benzene rings is 2. The highest BCUT2D eigenvalue weighted by molar-refractivity contribution is 6.31. The summed E-state index contributed by atoms with van der Waals surface area (Å²) in [6.45, 7) is 2.47. The Balaban J connectivity index is 1.46. The van der Waals surface area contributed by atoms with Crippen LogP contribution in [0.4, 0.5) is 10.1 Å². The van der Waals surface area contributed by atoms with Crippen LogP contribution in [0.3, 0.4) is 0 Å². The van der Waals surface area contributed by atoms with Gasteiger partial charge in [-0.1, -0.05) is 16.8 Å². The second-order valence-electron chi connectivity index (χ2n) is 7.43. The minimum absolute atomic E-state index is 0.0783. The maximum Gasteiger partial charge on any atom is 0.253 e. The average molecular weight is 443 g/mol. The van der Waals surface area contributed by atoms with Crippen LogP contribution in [0.5, 0.6) is 0 Å². The minimum atomic E-state index is -0.557. The van der Waals surface area contributed by atoms with Gasteiger partial charge in [0, 0.05) is 36.8 Å². The molecule has 2 heterocycles. The molecule has 0 unspecified atom stereocenters. The first-order valence-corrected chi connectivity index (χ1v) is 10.2. The number of hydrogen-bond acceptors (Lipinski definition) is 5. The van der Waals surface area contributed by atoms with Gasteiger partial charge in [0.2, 0.25) is 17.6 Å². The van der Waals surface area contributed by atoms with E-state index in [2.05, 4.69) is 15.5 Å². The van der Waals surface area contributed by atoms with E-state index in [1.54, 1.807) is 29.2 Å². The predicted octanol–water partition coefficient (Wildman–Crippen LogP) is 4.51. The van der Waals surface area contributed by atoms with Gasteiger partial charge in [-0.2, -0.15) is 4.98 Å². The first-order valence-electron chi connectivity index (χ1n) is 9.86. The van der Waals surface area contributed by atoms with Crippen LogP contribution >= 0.6 is 11.6 Å². The number of likely N-dealkylation sites (tertiary alicyclic amines) is 1. The van der Waals surface area contributed by atoms with Crippen LogP contribution in [0.25, 0.3) is 11.4 Å². The van der Waals surface area contributed by atoms with Crippen LogP contribution in [0.1, 0.15) is 41.9 Å². The summed E-state index contributed by atoms with van der Waals surface area (Å²) in [5, 5.41) is 6.69. The Hall–Kier alpha value is -3.26. The second kappa shape index (κ2) is 8.85. The molecule has 0 aliphatic carbocycles. The van der Waals surface area contributed by atoms with Gasteiger partial charge in [-0.25, -0.2) is 4.39 Å². The third kappa shape index (κ3) is 4.74. The van der Waals surface area contributed by atoms with E-state index in [1.165, 1.54) is 25.1 Å². The number of aromatic nitrogens is 2. The number of piperidine rings is 1. The Morgan fingerprint density at radius 3 is 2.71 bits per heavy atom. The van der Waals surface area contributed by atoms with Crippen LogP contribution in [-0.2, 0) is 4.79 Å². The molecule has 1 aliphatic heterocycles. The summed E-state index contributed by atoms with van der Waals surface area (Å²) in [5.74, 6) is -0.0886. The van der Waals surface area contributed by atoms with Crippen molar-refractivity contribution in [3.8, 4) is 11.4 Å². The molecule has 1 fully saturated rings. The zero-order valence-electron chi connectivity index (χ0n) is 16.8. The lowest BCUT2D eigenvalue weighted by Gasteiger charge is -2.31. The van der Waals surface area contributed by atoms with Crippen LogP contribution in [0.2, 0.25) is 5.02 Å². The van der Waals surface area contributed by atoms with Crippen molar-refractivity contribution in [1.29, 1.82) is 0 Å². The van der Waals surface area contributed by atoms with Gasteiger partial charge < -0.3 is 14.7 Å². The molecule has 3 aromatic rings. The smallest absolute Gasteiger partial charge is 0.253 e. The number of carbonyl (C=O) groups excluding carboxylic acids is 2. The number of carbonyl (C=O) groups is 2. The van der Waals surface area contributed by atoms with Gasteiger partial charge >= 0.3 is 0 Å². The number of nitrogens with one attached hydrogen (secondary N) is 1. The topological polar surface area (TPSA) is 88.3 Å². The molecule has 2 amide bonds. The van der Waals surface area contributed by atoms with Gasteiger partial charge in [-0.15, -0.1) is 0 Å².